The molecule has 0 saturated heterocycles. The van der Waals surface area contributed by atoms with Gasteiger partial charge in [0.05, 0.1) is 13.2 Å². The van der Waals surface area contributed by atoms with Crippen LogP contribution in [0.25, 0.3) is 0 Å². The van der Waals surface area contributed by atoms with Gasteiger partial charge in [0, 0.05) is 13.2 Å². The molecule has 2 N–H and O–H groups in total. The first-order chi connectivity index (χ1) is 5.83. The number of H-pyrrole nitrogens is 1. The van der Waals surface area contributed by atoms with E-state index in [1.807, 2.05) is 6.92 Å². The van der Waals surface area contributed by atoms with Crippen molar-refractivity contribution in [2.75, 3.05) is 13.7 Å². The lowest BCUT2D eigenvalue weighted by atomic mass is 10.3. The van der Waals surface area contributed by atoms with Gasteiger partial charge in [-0.15, -0.1) is 10.2 Å². The molecule has 12 heavy (non-hydrogen) atoms. The lowest BCUT2D eigenvalue weighted by molar-refractivity contribution is 0.171. The lowest BCUT2D eigenvalue weighted by Gasteiger charge is -2.09. The van der Waals surface area contributed by atoms with Crippen molar-refractivity contribution >= 4 is 0 Å². The molecule has 1 atom stereocenters. The Kier molecular flexibility index (Phi) is 3.62. The molecule has 1 heterocycles. The van der Waals surface area contributed by atoms with Crippen molar-refractivity contribution in [2.45, 2.75) is 19.5 Å². The lowest BCUT2D eigenvalue weighted by Crippen LogP contribution is -2.29. The van der Waals surface area contributed by atoms with Crippen LogP contribution in [0.3, 0.4) is 0 Å². The monoisotopic (exact) mass is 171 g/mol. The van der Waals surface area contributed by atoms with Crippen LogP contribution in [-0.2, 0) is 11.3 Å². The van der Waals surface area contributed by atoms with Gasteiger partial charge in [-0.05, 0) is 6.92 Å². The predicted octanol–water partition coefficient (Wildman–Crippen LogP) is -0.676. The summed E-state index contributed by atoms with van der Waals surface area (Å²) in [7, 11) is 1.67. The molecule has 0 bridgehead atoms. The summed E-state index contributed by atoms with van der Waals surface area (Å²) in [6, 6.07) is 0.300. The number of hydrogen-bond donors (Lipinski definition) is 2. The molecule has 6 heteroatoms. The molecule has 1 aromatic heterocycles. The number of aromatic nitrogens is 4. The SMILES string of the molecule is COCC(C)NCc1nn[nH]n1. The first-order valence-corrected chi connectivity index (χ1v) is 3.77. The Morgan fingerprint density at radius 1 is 1.67 bits per heavy atom. The molecule has 0 radical (unpaired) electrons. The van der Waals surface area contributed by atoms with Gasteiger partial charge < -0.3 is 10.1 Å². The first-order valence-electron chi connectivity index (χ1n) is 3.77. The Hall–Kier alpha value is -1.01. The first kappa shape index (κ1) is 9.08. The maximum atomic E-state index is 4.95. The van der Waals surface area contributed by atoms with Crippen molar-refractivity contribution < 1.29 is 4.74 Å². The number of nitrogens with zero attached hydrogens (tertiary/aromatic N) is 3. The second-order valence-corrected chi connectivity index (χ2v) is 2.57. The fourth-order valence-corrected chi connectivity index (χ4v) is 0.832. The van der Waals surface area contributed by atoms with E-state index >= 15 is 0 Å². The van der Waals surface area contributed by atoms with Crippen molar-refractivity contribution in [3.8, 4) is 0 Å². The summed E-state index contributed by atoms with van der Waals surface area (Å²) in [6.45, 7) is 3.32. The summed E-state index contributed by atoms with van der Waals surface area (Å²) in [4.78, 5) is 0. The van der Waals surface area contributed by atoms with Gasteiger partial charge in [0.15, 0.2) is 5.82 Å². The second-order valence-electron chi connectivity index (χ2n) is 2.57. The van der Waals surface area contributed by atoms with Gasteiger partial charge in [-0.25, -0.2) is 0 Å². The van der Waals surface area contributed by atoms with Crippen molar-refractivity contribution in [2.24, 2.45) is 0 Å². The van der Waals surface area contributed by atoms with Crippen molar-refractivity contribution in [1.29, 1.82) is 0 Å². The maximum Gasteiger partial charge on any atom is 0.188 e. The van der Waals surface area contributed by atoms with E-state index < -0.39 is 0 Å². The van der Waals surface area contributed by atoms with Crippen LogP contribution in [0.4, 0.5) is 0 Å². The van der Waals surface area contributed by atoms with Crippen LogP contribution in [-0.4, -0.2) is 40.4 Å². The van der Waals surface area contributed by atoms with Gasteiger partial charge in [-0.2, -0.15) is 5.21 Å². The smallest absolute Gasteiger partial charge is 0.188 e. The van der Waals surface area contributed by atoms with E-state index in [1.54, 1.807) is 7.11 Å². The Labute approximate surface area is 70.7 Å². The second kappa shape index (κ2) is 4.78. The zero-order valence-electron chi connectivity index (χ0n) is 7.24. The van der Waals surface area contributed by atoms with Gasteiger partial charge in [-0.1, -0.05) is 5.21 Å². The van der Waals surface area contributed by atoms with E-state index in [4.69, 9.17) is 4.74 Å². The van der Waals surface area contributed by atoms with Crippen LogP contribution in [0.15, 0.2) is 0 Å². The Balaban J connectivity index is 2.17. The number of methoxy groups -OCH3 is 1. The molecule has 0 saturated carbocycles. The summed E-state index contributed by atoms with van der Waals surface area (Å²) in [5.74, 6) is 0.665. The molecule has 6 nitrogen and oxygen atoms in total. The zero-order chi connectivity index (χ0) is 8.81. The molecule has 0 amide bonds. The number of rotatable bonds is 5. The molecule has 0 aliphatic rings. The molecular weight excluding hydrogens is 158 g/mol. The number of tetrazole rings is 1. The van der Waals surface area contributed by atoms with Crippen molar-refractivity contribution in [3.63, 3.8) is 0 Å². The summed E-state index contributed by atoms with van der Waals surface area (Å²) in [5, 5.41) is 16.6. The zero-order valence-corrected chi connectivity index (χ0v) is 7.24. The molecule has 1 aromatic rings. The van der Waals surface area contributed by atoms with Gasteiger partial charge in [-0.3, -0.25) is 0 Å². The van der Waals surface area contributed by atoms with Gasteiger partial charge in [0.25, 0.3) is 0 Å². The number of ether oxygens (including phenoxy) is 1. The fourth-order valence-electron chi connectivity index (χ4n) is 0.832. The van der Waals surface area contributed by atoms with Gasteiger partial charge in [0.1, 0.15) is 0 Å². The minimum atomic E-state index is 0.300. The molecule has 0 aliphatic heterocycles. The molecule has 68 valence electrons. The quantitative estimate of drug-likeness (QED) is 0.614. The molecular formula is C6H13N5O. The standard InChI is InChI=1S/C6H13N5O/c1-5(4-12-2)7-3-6-8-10-11-9-6/h5,7H,3-4H2,1-2H3,(H,8,9,10,11). The third-order valence-electron chi connectivity index (χ3n) is 1.41. The normalized spacial score (nSPS) is 13.2. The van der Waals surface area contributed by atoms with Crippen LogP contribution < -0.4 is 5.32 Å². The number of nitrogens with one attached hydrogen (secondary N) is 2. The highest BCUT2D eigenvalue weighted by molar-refractivity contribution is 4.75. The van der Waals surface area contributed by atoms with Gasteiger partial charge in [0.2, 0.25) is 0 Å². The summed E-state index contributed by atoms with van der Waals surface area (Å²) >= 11 is 0. The molecule has 0 aliphatic carbocycles. The van der Waals surface area contributed by atoms with Crippen molar-refractivity contribution in [3.05, 3.63) is 5.82 Å². The summed E-state index contributed by atoms with van der Waals surface area (Å²) in [6.07, 6.45) is 0. The molecule has 0 aromatic carbocycles. The van der Waals surface area contributed by atoms with Crippen LogP contribution in [0, 0.1) is 0 Å². The Morgan fingerprint density at radius 2 is 2.50 bits per heavy atom. The van der Waals surface area contributed by atoms with Crippen LogP contribution in [0.2, 0.25) is 0 Å². The molecule has 0 spiro atoms. The average molecular weight is 171 g/mol. The number of aromatic amines is 1. The van der Waals surface area contributed by atoms with E-state index in [-0.39, 0.29) is 0 Å². The Bertz CT molecular complexity index is 200. The van der Waals surface area contributed by atoms with Crippen LogP contribution in [0.1, 0.15) is 12.7 Å². The topological polar surface area (TPSA) is 75.7 Å². The minimum absolute atomic E-state index is 0.300. The van der Waals surface area contributed by atoms with Crippen LogP contribution in [0.5, 0.6) is 0 Å². The Morgan fingerprint density at radius 3 is 3.08 bits per heavy atom. The number of hydrogen-bond acceptors (Lipinski definition) is 5. The van der Waals surface area contributed by atoms with E-state index in [0.717, 1.165) is 0 Å². The fraction of sp³-hybridized carbons (Fsp3) is 0.833. The maximum absolute atomic E-state index is 4.95. The predicted molar refractivity (Wildman–Crippen MR) is 42.4 cm³/mol. The highest BCUT2D eigenvalue weighted by atomic mass is 16.5. The molecule has 1 rings (SSSR count). The van der Waals surface area contributed by atoms with E-state index in [2.05, 4.69) is 25.9 Å². The average Bonchev–Trinajstić information content (AvgIpc) is 2.53. The third-order valence-corrected chi connectivity index (χ3v) is 1.41. The third kappa shape index (κ3) is 2.93. The van der Waals surface area contributed by atoms with E-state index in [0.29, 0.717) is 25.0 Å². The summed E-state index contributed by atoms with van der Waals surface area (Å²) < 4.78 is 4.95. The van der Waals surface area contributed by atoms with E-state index in [1.165, 1.54) is 0 Å². The van der Waals surface area contributed by atoms with Gasteiger partial charge >= 0.3 is 0 Å². The highest BCUT2D eigenvalue weighted by Crippen LogP contribution is 1.86. The van der Waals surface area contributed by atoms with E-state index in [9.17, 15) is 0 Å². The highest BCUT2D eigenvalue weighted by Gasteiger charge is 2.02. The summed E-state index contributed by atoms with van der Waals surface area (Å²) in [5.41, 5.74) is 0. The molecule has 1 unspecified atom stereocenters. The molecule has 0 fully saturated rings. The largest absolute Gasteiger partial charge is 0.383 e. The van der Waals surface area contributed by atoms with Crippen molar-refractivity contribution in [1.82, 2.24) is 25.9 Å². The minimum Gasteiger partial charge on any atom is -0.383 e. The van der Waals surface area contributed by atoms with Crippen LogP contribution >= 0.6 is 0 Å².